The molecule has 1 atom stereocenters. The largest absolute Gasteiger partial charge is 0.330 e. The van der Waals surface area contributed by atoms with Gasteiger partial charge in [0.05, 0.1) is 5.56 Å². The number of hydrogen-bond donors (Lipinski definition) is 1. The van der Waals surface area contributed by atoms with E-state index in [-0.39, 0.29) is 0 Å². The highest BCUT2D eigenvalue weighted by molar-refractivity contribution is 8.13. The maximum atomic E-state index is 11.0. The lowest BCUT2D eigenvalue weighted by Gasteiger charge is -2.20. The van der Waals surface area contributed by atoms with E-state index in [1.807, 2.05) is 42.1 Å². The van der Waals surface area contributed by atoms with Gasteiger partial charge in [0, 0.05) is 12.8 Å². The Bertz CT molecular complexity index is 443. The van der Waals surface area contributed by atoms with Crippen LogP contribution in [0, 0.1) is 0 Å². The van der Waals surface area contributed by atoms with Crippen LogP contribution >= 0.6 is 11.8 Å². The number of hydrogen-bond acceptors (Lipinski definition) is 2. The van der Waals surface area contributed by atoms with Crippen molar-refractivity contribution in [3.05, 3.63) is 35.9 Å². The van der Waals surface area contributed by atoms with Crippen LogP contribution in [0.4, 0.5) is 0 Å². The molecule has 2 nitrogen and oxygen atoms in total. The Hall–Kier alpha value is -0.800. The highest BCUT2D eigenvalue weighted by atomic mass is 32.2. The minimum Gasteiger partial charge on any atom is -0.330 e. The average molecular weight is 248 g/mol. The van der Waals surface area contributed by atoms with E-state index in [9.17, 15) is 5.11 Å². The van der Waals surface area contributed by atoms with Gasteiger partial charge in [0.25, 0.3) is 0 Å². The van der Waals surface area contributed by atoms with Gasteiger partial charge in [0.15, 0.2) is 0 Å². The first-order chi connectivity index (χ1) is 8.31. The van der Waals surface area contributed by atoms with Crippen molar-refractivity contribution in [2.75, 3.05) is 12.3 Å². The third-order valence-electron chi connectivity index (χ3n) is 3.70. The maximum absolute atomic E-state index is 11.0. The molecule has 0 amide bonds. The molecule has 2 aliphatic heterocycles. The van der Waals surface area contributed by atoms with E-state index in [1.54, 1.807) is 0 Å². The second-order valence-electron chi connectivity index (χ2n) is 4.83. The summed E-state index contributed by atoms with van der Waals surface area (Å²) in [4.78, 5) is 0. The molecule has 1 aromatic rings. The third-order valence-corrected chi connectivity index (χ3v) is 5.00. The van der Waals surface area contributed by atoms with E-state index in [1.165, 1.54) is 24.3 Å². The topological polar surface area (TPSA) is 23.2 Å². The molecule has 3 heteroatoms. The molecular weight excluding hydrogens is 230 g/mol. The molecule has 2 heterocycles. The van der Waals surface area contributed by atoms with Gasteiger partial charge >= 0.3 is 5.72 Å². The van der Waals surface area contributed by atoms with Crippen molar-refractivity contribution < 1.29 is 9.68 Å². The van der Waals surface area contributed by atoms with Crippen molar-refractivity contribution in [1.29, 1.82) is 0 Å². The van der Waals surface area contributed by atoms with Crippen LogP contribution in [0.3, 0.4) is 0 Å². The fraction of sp³-hybridized carbons (Fsp3) is 0.500. The van der Waals surface area contributed by atoms with Crippen LogP contribution in [0.15, 0.2) is 30.3 Å². The van der Waals surface area contributed by atoms with E-state index in [2.05, 4.69) is 4.58 Å². The maximum Gasteiger partial charge on any atom is 0.302 e. The van der Waals surface area contributed by atoms with Crippen LogP contribution in [-0.2, 0) is 5.72 Å². The second kappa shape index (κ2) is 4.46. The van der Waals surface area contributed by atoms with Crippen LogP contribution in [0.5, 0.6) is 0 Å². The quantitative estimate of drug-likeness (QED) is 0.772. The number of thioether (sulfide) groups is 1. The van der Waals surface area contributed by atoms with E-state index >= 15 is 0 Å². The molecule has 2 aliphatic rings. The minimum atomic E-state index is -0.772. The minimum absolute atomic E-state index is 0.770. The molecule has 90 valence electrons. The van der Waals surface area contributed by atoms with Gasteiger partial charge in [-0.3, -0.25) is 0 Å². The molecule has 0 radical (unpaired) electrons. The van der Waals surface area contributed by atoms with Crippen LogP contribution in [0.2, 0.25) is 0 Å². The normalized spacial score (nSPS) is 29.0. The van der Waals surface area contributed by atoms with Crippen molar-refractivity contribution in [2.45, 2.75) is 31.4 Å². The van der Waals surface area contributed by atoms with Gasteiger partial charge in [-0.05, 0) is 25.0 Å². The molecule has 0 bridgehead atoms. The Balaban J connectivity index is 2.00. The summed E-state index contributed by atoms with van der Waals surface area (Å²) in [5.41, 5.74) is 0.260. The first kappa shape index (κ1) is 11.3. The summed E-state index contributed by atoms with van der Waals surface area (Å²) in [6.45, 7) is 0.994. The van der Waals surface area contributed by atoms with Crippen molar-refractivity contribution in [2.24, 2.45) is 0 Å². The first-order valence-electron chi connectivity index (χ1n) is 6.35. The predicted molar refractivity (Wildman–Crippen MR) is 71.4 cm³/mol. The molecule has 3 rings (SSSR count). The van der Waals surface area contributed by atoms with Crippen molar-refractivity contribution in [3.63, 3.8) is 0 Å². The van der Waals surface area contributed by atoms with Gasteiger partial charge in [-0.15, -0.1) is 0 Å². The van der Waals surface area contributed by atoms with Gasteiger partial charge < -0.3 is 5.11 Å². The zero-order chi connectivity index (χ0) is 11.7. The van der Waals surface area contributed by atoms with Gasteiger partial charge in [-0.2, -0.15) is 4.58 Å². The Morgan fingerprint density at radius 2 is 1.94 bits per heavy atom. The van der Waals surface area contributed by atoms with Crippen molar-refractivity contribution >= 4 is 16.8 Å². The lowest BCUT2D eigenvalue weighted by Crippen LogP contribution is -2.39. The zero-order valence-corrected chi connectivity index (χ0v) is 10.7. The standard InChI is InChI=1S/C14H18NOS/c16-14(12-7-3-1-4-8-12)11-17-13-9-5-2-6-10-15(13)14/h1,3-4,7-8,16H,2,5-6,9-11H2/q+1/t14-/m1/s1. The van der Waals surface area contributed by atoms with Crippen LogP contribution in [0.25, 0.3) is 0 Å². The van der Waals surface area contributed by atoms with Crippen LogP contribution in [0.1, 0.15) is 31.2 Å². The Morgan fingerprint density at radius 1 is 1.12 bits per heavy atom. The van der Waals surface area contributed by atoms with E-state index < -0.39 is 5.72 Å². The summed E-state index contributed by atoms with van der Waals surface area (Å²) >= 11 is 1.83. The monoisotopic (exact) mass is 248 g/mol. The Labute approximate surface area is 106 Å². The fourth-order valence-corrected chi connectivity index (χ4v) is 4.11. The summed E-state index contributed by atoms with van der Waals surface area (Å²) in [5, 5.41) is 12.4. The predicted octanol–water partition coefficient (Wildman–Crippen LogP) is 2.56. The smallest absolute Gasteiger partial charge is 0.302 e. The summed E-state index contributed by atoms with van der Waals surface area (Å²) in [5.74, 6) is 0.770. The summed E-state index contributed by atoms with van der Waals surface area (Å²) in [6.07, 6.45) is 4.88. The third kappa shape index (κ3) is 1.91. The molecule has 0 unspecified atom stereocenters. The molecular formula is C14H18NOS+. The van der Waals surface area contributed by atoms with E-state index in [4.69, 9.17) is 0 Å². The van der Waals surface area contributed by atoms with Crippen molar-refractivity contribution in [3.8, 4) is 0 Å². The highest BCUT2D eigenvalue weighted by Gasteiger charge is 2.48. The van der Waals surface area contributed by atoms with E-state index in [0.717, 1.165) is 24.3 Å². The Kier molecular flexibility index (Phi) is 2.97. The molecule has 1 N–H and O–H groups in total. The van der Waals surface area contributed by atoms with Crippen LogP contribution < -0.4 is 0 Å². The molecule has 0 saturated carbocycles. The number of benzene rings is 1. The van der Waals surface area contributed by atoms with Gasteiger partial charge in [0.1, 0.15) is 12.3 Å². The lowest BCUT2D eigenvalue weighted by molar-refractivity contribution is -0.658. The number of aliphatic hydroxyl groups is 1. The molecule has 1 aromatic carbocycles. The van der Waals surface area contributed by atoms with Crippen molar-refractivity contribution in [1.82, 2.24) is 0 Å². The molecule has 0 spiro atoms. The Morgan fingerprint density at radius 3 is 2.76 bits per heavy atom. The molecule has 17 heavy (non-hydrogen) atoms. The first-order valence-corrected chi connectivity index (χ1v) is 7.33. The molecule has 0 aromatic heterocycles. The van der Waals surface area contributed by atoms with Gasteiger partial charge in [0.2, 0.25) is 5.04 Å². The summed E-state index contributed by atoms with van der Waals surface area (Å²) < 4.78 is 2.24. The lowest BCUT2D eigenvalue weighted by atomic mass is 10.0. The van der Waals surface area contributed by atoms with Gasteiger partial charge in [-0.25, -0.2) is 0 Å². The van der Waals surface area contributed by atoms with Crippen LogP contribution in [-0.4, -0.2) is 27.0 Å². The van der Waals surface area contributed by atoms with Gasteiger partial charge in [-0.1, -0.05) is 30.0 Å². The number of rotatable bonds is 1. The zero-order valence-electron chi connectivity index (χ0n) is 9.93. The molecule has 0 aliphatic carbocycles. The average Bonchev–Trinajstić information content (AvgIpc) is 2.57. The number of nitrogens with zero attached hydrogens (tertiary/aromatic N) is 1. The highest BCUT2D eigenvalue weighted by Crippen LogP contribution is 2.36. The summed E-state index contributed by atoms with van der Waals surface area (Å²) in [7, 11) is 0. The molecule has 0 fully saturated rings. The fourth-order valence-electron chi connectivity index (χ4n) is 2.73. The SMILES string of the molecule is O[C@@]1(c2ccccc2)CSC2=[N+]1CCCCC2. The second-order valence-corrected chi connectivity index (χ2v) is 5.88. The molecule has 0 saturated heterocycles. The van der Waals surface area contributed by atoms with E-state index in [0.29, 0.717) is 0 Å². The summed E-state index contributed by atoms with van der Waals surface area (Å²) in [6, 6.07) is 10.1.